The first-order chi connectivity index (χ1) is 16.0. The van der Waals surface area contributed by atoms with Crippen molar-refractivity contribution < 1.29 is 14.3 Å². The van der Waals surface area contributed by atoms with Gasteiger partial charge in [-0.1, -0.05) is 23.9 Å². The van der Waals surface area contributed by atoms with Crippen LogP contribution in [0.1, 0.15) is 41.7 Å². The van der Waals surface area contributed by atoms with Gasteiger partial charge in [0.05, 0.1) is 18.4 Å². The third-order valence-corrected chi connectivity index (χ3v) is 6.67. The van der Waals surface area contributed by atoms with E-state index in [0.717, 1.165) is 35.9 Å². The molecule has 1 N–H and O–H groups in total. The van der Waals surface area contributed by atoms with Crippen molar-refractivity contribution in [1.29, 1.82) is 0 Å². The van der Waals surface area contributed by atoms with E-state index in [-0.39, 0.29) is 23.6 Å². The van der Waals surface area contributed by atoms with Gasteiger partial charge in [-0.3, -0.25) is 9.59 Å². The zero-order valence-electron chi connectivity index (χ0n) is 18.9. The van der Waals surface area contributed by atoms with Crippen LogP contribution in [0, 0.1) is 0 Å². The summed E-state index contributed by atoms with van der Waals surface area (Å²) in [7, 11) is 1.89. The number of carbonyl (C=O) groups is 2. The number of hydrogen-bond acceptors (Lipinski definition) is 5. The number of thioether (sulfide) groups is 1. The maximum atomic E-state index is 13.2. The summed E-state index contributed by atoms with van der Waals surface area (Å²) in [6.07, 6.45) is 5.47. The summed E-state index contributed by atoms with van der Waals surface area (Å²) in [5.41, 5.74) is 2.41. The summed E-state index contributed by atoms with van der Waals surface area (Å²) in [5.74, 6) is 1.00. The Morgan fingerprint density at radius 2 is 1.91 bits per heavy atom. The van der Waals surface area contributed by atoms with Crippen LogP contribution in [0.25, 0.3) is 0 Å². The molecule has 1 atom stereocenters. The van der Waals surface area contributed by atoms with Gasteiger partial charge in [-0.25, -0.2) is 4.98 Å². The number of nitrogens with one attached hydrogen (secondary N) is 1. The van der Waals surface area contributed by atoms with Crippen LogP contribution < -0.4 is 10.1 Å². The molecule has 2 heterocycles. The minimum absolute atomic E-state index is 0.00889. The average Bonchev–Trinajstić information content (AvgIpc) is 3.47. The number of anilines is 1. The molecule has 1 fully saturated rings. The molecular weight excluding hydrogens is 436 g/mol. The van der Waals surface area contributed by atoms with E-state index in [1.54, 1.807) is 30.5 Å². The largest absolute Gasteiger partial charge is 0.494 e. The molecule has 0 bridgehead atoms. The predicted molar refractivity (Wildman–Crippen MR) is 130 cm³/mol. The lowest BCUT2D eigenvalue weighted by Gasteiger charge is -2.25. The first kappa shape index (κ1) is 22.9. The topological polar surface area (TPSA) is 76.5 Å². The van der Waals surface area contributed by atoms with Crippen molar-refractivity contribution in [3.63, 3.8) is 0 Å². The number of imidazole rings is 1. The number of likely N-dealkylation sites (tertiary alicyclic amines) is 1. The Bertz CT molecular complexity index is 1100. The number of aryl methyl sites for hydroxylation is 1. The normalized spacial score (nSPS) is 15.5. The van der Waals surface area contributed by atoms with Gasteiger partial charge in [-0.05, 0) is 61.7 Å². The Kier molecular flexibility index (Phi) is 7.34. The summed E-state index contributed by atoms with van der Waals surface area (Å²) >= 11 is 1.38. The van der Waals surface area contributed by atoms with Crippen molar-refractivity contribution in [1.82, 2.24) is 14.5 Å². The summed E-state index contributed by atoms with van der Waals surface area (Å²) in [5, 5.41) is 3.67. The summed E-state index contributed by atoms with van der Waals surface area (Å²) < 4.78 is 7.40. The molecule has 1 aromatic heterocycles. The number of amides is 2. The minimum atomic E-state index is -0.114. The molecule has 172 valence electrons. The first-order valence-corrected chi connectivity index (χ1v) is 12.1. The Labute approximate surface area is 198 Å². The number of hydrogen-bond donors (Lipinski definition) is 1. The third kappa shape index (κ3) is 5.57. The second-order valence-electron chi connectivity index (χ2n) is 7.89. The Balaban J connectivity index is 1.36. The van der Waals surface area contributed by atoms with E-state index in [1.807, 2.05) is 53.9 Å². The van der Waals surface area contributed by atoms with E-state index in [9.17, 15) is 9.59 Å². The van der Waals surface area contributed by atoms with Gasteiger partial charge in [0.15, 0.2) is 5.16 Å². The minimum Gasteiger partial charge on any atom is -0.494 e. The van der Waals surface area contributed by atoms with Crippen molar-refractivity contribution in [3.05, 3.63) is 72.1 Å². The lowest BCUT2D eigenvalue weighted by Crippen LogP contribution is -2.30. The van der Waals surface area contributed by atoms with Crippen LogP contribution in [-0.4, -0.2) is 45.2 Å². The highest BCUT2D eigenvalue weighted by Crippen LogP contribution is 2.34. The predicted octanol–water partition coefficient (Wildman–Crippen LogP) is 4.53. The van der Waals surface area contributed by atoms with Gasteiger partial charge in [0.1, 0.15) is 5.75 Å². The number of nitrogens with zero attached hydrogens (tertiary/aromatic N) is 3. The Morgan fingerprint density at radius 3 is 2.58 bits per heavy atom. The molecule has 1 saturated heterocycles. The highest BCUT2D eigenvalue weighted by Gasteiger charge is 2.30. The molecule has 7 nitrogen and oxygen atoms in total. The third-order valence-electron chi connectivity index (χ3n) is 5.61. The molecule has 3 aromatic rings. The highest BCUT2D eigenvalue weighted by atomic mass is 32.2. The molecule has 2 amide bonds. The SMILES string of the molecule is CCOc1ccc(C2CCCN2C(=O)c2ccc(NC(=O)CSc3nccn3C)cc2)cc1. The van der Waals surface area contributed by atoms with E-state index in [4.69, 9.17) is 4.74 Å². The van der Waals surface area contributed by atoms with Crippen LogP contribution >= 0.6 is 11.8 Å². The molecule has 8 heteroatoms. The van der Waals surface area contributed by atoms with Crippen molar-refractivity contribution >= 4 is 29.3 Å². The van der Waals surface area contributed by atoms with E-state index in [0.29, 0.717) is 17.9 Å². The lowest BCUT2D eigenvalue weighted by atomic mass is 10.0. The molecule has 1 unspecified atom stereocenters. The molecule has 0 aliphatic carbocycles. The smallest absolute Gasteiger partial charge is 0.254 e. The van der Waals surface area contributed by atoms with Crippen LogP contribution in [0.15, 0.2) is 66.1 Å². The number of rotatable bonds is 8. The van der Waals surface area contributed by atoms with Crippen LogP contribution in [-0.2, 0) is 11.8 Å². The molecule has 33 heavy (non-hydrogen) atoms. The number of ether oxygens (including phenoxy) is 1. The van der Waals surface area contributed by atoms with Crippen LogP contribution in [0.5, 0.6) is 5.75 Å². The van der Waals surface area contributed by atoms with Crippen LogP contribution in [0.4, 0.5) is 5.69 Å². The zero-order chi connectivity index (χ0) is 23.2. The van der Waals surface area contributed by atoms with Gasteiger partial charge in [0.2, 0.25) is 5.91 Å². The van der Waals surface area contributed by atoms with Crippen molar-refractivity contribution in [2.45, 2.75) is 31.0 Å². The van der Waals surface area contributed by atoms with Crippen molar-refractivity contribution in [2.75, 3.05) is 24.2 Å². The standard InChI is InChI=1S/C25H28N4O3S/c1-3-32-21-12-8-18(9-13-21)22-5-4-15-29(22)24(31)19-6-10-20(11-7-19)27-23(30)17-33-25-26-14-16-28(25)2/h6-14,16,22H,3-5,15,17H2,1-2H3,(H,27,30). The average molecular weight is 465 g/mol. The number of aromatic nitrogens is 2. The fourth-order valence-electron chi connectivity index (χ4n) is 3.99. The van der Waals surface area contributed by atoms with E-state index in [1.165, 1.54) is 11.8 Å². The van der Waals surface area contributed by atoms with Gasteiger partial charge in [0.25, 0.3) is 5.91 Å². The quantitative estimate of drug-likeness (QED) is 0.496. The van der Waals surface area contributed by atoms with Gasteiger partial charge in [-0.15, -0.1) is 0 Å². The van der Waals surface area contributed by atoms with Gasteiger partial charge in [-0.2, -0.15) is 0 Å². The summed E-state index contributed by atoms with van der Waals surface area (Å²) in [6.45, 7) is 3.33. The maximum Gasteiger partial charge on any atom is 0.254 e. The van der Waals surface area contributed by atoms with Crippen molar-refractivity contribution in [2.24, 2.45) is 7.05 Å². The molecular formula is C25H28N4O3S. The second kappa shape index (κ2) is 10.6. The molecule has 2 aromatic carbocycles. The monoisotopic (exact) mass is 464 g/mol. The second-order valence-corrected chi connectivity index (χ2v) is 8.84. The van der Waals surface area contributed by atoms with Gasteiger partial charge < -0.3 is 19.5 Å². The Hall–Kier alpha value is -3.26. The summed E-state index contributed by atoms with van der Waals surface area (Å²) in [4.78, 5) is 31.6. The summed E-state index contributed by atoms with van der Waals surface area (Å²) in [6, 6.07) is 15.2. The molecule has 4 rings (SSSR count). The highest BCUT2D eigenvalue weighted by molar-refractivity contribution is 7.99. The number of benzene rings is 2. The molecule has 0 saturated carbocycles. The van der Waals surface area contributed by atoms with Crippen LogP contribution in [0.3, 0.4) is 0 Å². The molecule has 0 radical (unpaired) electrons. The maximum absolute atomic E-state index is 13.2. The Morgan fingerprint density at radius 1 is 1.15 bits per heavy atom. The molecule has 1 aliphatic rings. The van der Waals surface area contributed by atoms with Crippen molar-refractivity contribution in [3.8, 4) is 5.75 Å². The lowest BCUT2D eigenvalue weighted by molar-refractivity contribution is -0.113. The van der Waals surface area contributed by atoms with Gasteiger partial charge >= 0.3 is 0 Å². The molecule has 0 spiro atoms. The van der Waals surface area contributed by atoms with E-state index < -0.39 is 0 Å². The number of carbonyl (C=O) groups excluding carboxylic acids is 2. The fraction of sp³-hybridized carbons (Fsp3) is 0.320. The fourth-order valence-corrected chi connectivity index (χ4v) is 4.72. The van der Waals surface area contributed by atoms with E-state index in [2.05, 4.69) is 10.3 Å². The van der Waals surface area contributed by atoms with E-state index >= 15 is 0 Å². The first-order valence-electron chi connectivity index (χ1n) is 11.1. The molecule has 1 aliphatic heterocycles. The van der Waals surface area contributed by atoms with Gasteiger partial charge in [0, 0.05) is 37.2 Å². The zero-order valence-corrected chi connectivity index (χ0v) is 19.7. The van der Waals surface area contributed by atoms with Crippen LogP contribution in [0.2, 0.25) is 0 Å².